The summed E-state index contributed by atoms with van der Waals surface area (Å²) in [5.74, 6) is -18.6. The van der Waals surface area contributed by atoms with E-state index in [1.807, 2.05) is 42.5 Å². The van der Waals surface area contributed by atoms with Gasteiger partial charge in [-0.1, -0.05) is 60.5 Å². The number of hydrogen-bond donors (Lipinski definition) is 1. The molecule has 0 aliphatic heterocycles. The van der Waals surface area contributed by atoms with Crippen molar-refractivity contribution >= 4 is 45.4 Å². The van der Waals surface area contributed by atoms with Crippen LogP contribution in [-0.2, 0) is 77.1 Å². The second-order valence-electron chi connectivity index (χ2n) is 31.9. The van der Waals surface area contributed by atoms with Crippen molar-refractivity contribution in [2.45, 2.75) is 140 Å². The van der Waals surface area contributed by atoms with E-state index in [-0.39, 0.29) is 94.0 Å². The van der Waals surface area contributed by atoms with Crippen molar-refractivity contribution in [1.82, 2.24) is 39.5 Å². The number of nitrogens with two attached hydrogens (primary N) is 1. The summed E-state index contributed by atoms with van der Waals surface area (Å²) >= 11 is 0. The van der Waals surface area contributed by atoms with Gasteiger partial charge in [0, 0.05) is 154 Å². The third-order valence-corrected chi connectivity index (χ3v) is 22.1. The Balaban J connectivity index is 0.000000179. The molecule has 682 valence electrons. The van der Waals surface area contributed by atoms with Crippen LogP contribution < -0.4 is 15.4 Å². The molecular weight excluding hydrogens is 1750 g/mol. The molecule has 1 aliphatic rings. The van der Waals surface area contributed by atoms with Gasteiger partial charge in [0.25, 0.3) is 24.2 Å². The lowest BCUT2D eigenvalue weighted by molar-refractivity contribution is -0.142. The molecule has 2 N–H and O–H groups in total. The second kappa shape index (κ2) is 40.4. The normalized spacial score (nSPS) is 13.4. The van der Waals surface area contributed by atoms with Crippen molar-refractivity contribution in [2.24, 2.45) is 0 Å². The van der Waals surface area contributed by atoms with Gasteiger partial charge in [0.2, 0.25) is 0 Å². The van der Waals surface area contributed by atoms with Crippen LogP contribution in [0.25, 0.3) is 44.2 Å². The summed E-state index contributed by atoms with van der Waals surface area (Å²) < 4.78 is 261. The predicted octanol–water partition coefficient (Wildman–Crippen LogP) is 22.7. The summed E-state index contributed by atoms with van der Waals surface area (Å²) in [6.07, 6.45) is -1.19. The van der Waals surface area contributed by atoms with Gasteiger partial charge in [0.15, 0.2) is 23.0 Å². The number of anilines is 2. The van der Waals surface area contributed by atoms with Crippen molar-refractivity contribution in [2.75, 3.05) is 31.8 Å². The zero-order valence-corrected chi connectivity index (χ0v) is 71.0. The number of nitrogens with zero attached hydrogens (tertiary/aromatic N) is 10. The number of hydrogen-bond acceptors (Lipinski definition) is 14. The van der Waals surface area contributed by atoms with E-state index in [1.165, 1.54) is 62.6 Å². The average Bonchev–Trinajstić information content (AvgIpc) is 1.57. The summed E-state index contributed by atoms with van der Waals surface area (Å²) in [7, 11) is 5.19. The molecule has 6 aromatic heterocycles. The Kier molecular flexibility index (Phi) is 29.6. The molecule has 0 radical (unpaired) electrons. The standard InChI is InChI=1S/C35H26F3NO2.C32H28F5N5O2.C31H25F10N5O/c1-3-23-17-26(10-12-34(23)38)32-8-5-13-39-35(32)27(14-22-15-28(36)20-29(37)16-22)19-30(40)18-25-7-4-6-24-9-11-31(41-2)21-33(24)25;1-18-28(16-38)31(32(35,36)37)40-42(18)17-25(44)13-22(10-20-11-23(33)15-24(34)12-20)30-26(6-5-9-39-30)21-7-8-29(41(3)4)27(14-21)19(2)43;1-29(36,37)22-11-17(13-44-28(22)42)21-3-2-6-43-24(21)16(7-15-8-18(32)12-19(33)9-15)10-20(47)14-46-26-23(25(45-46)27(34)35)30(38,39)4-5-31(26,40)41/h1,4-13,15-17,20-21,27H,14,18-19H2,2H3;5-9,11-12,14-15,22H,10,13,17H2,1-4H3;2-3,6,8-9,11-13,16,27H,4-5,7,10,14H2,1H3,(H2,42,44)/t27-;22-;16-/m111/s1. The maximum absolute atomic E-state index is 14.9. The molecule has 6 heterocycles. The number of ether oxygens (including phenoxy) is 1. The number of benzene rings is 7. The Morgan fingerprint density at radius 1 is 0.576 bits per heavy atom. The summed E-state index contributed by atoms with van der Waals surface area (Å²) in [6, 6.07) is 42.4. The number of halogens is 18. The van der Waals surface area contributed by atoms with Crippen LogP contribution in [0.15, 0.2) is 195 Å². The number of pyridine rings is 4. The van der Waals surface area contributed by atoms with E-state index < -0.39 is 172 Å². The number of Topliss-reactive ketones (excluding diaryl/α,β-unsaturated/α-hetero) is 4. The Morgan fingerprint density at radius 3 is 1.52 bits per heavy atom. The zero-order valence-electron chi connectivity index (χ0n) is 71.0. The quantitative estimate of drug-likeness (QED) is 0.0262. The summed E-state index contributed by atoms with van der Waals surface area (Å²) in [5, 5.41) is 18.0. The number of carbonyl (C=O) groups is 4. The maximum atomic E-state index is 14.9. The first-order valence-electron chi connectivity index (χ1n) is 40.6. The third-order valence-electron chi connectivity index (χ3n) is 22.1. The van der Waals surface area contributed by atoms with Crippen LogP contribution in [0.5, 0.6) is 5.75 Å². The van der Waals surface area contributed by atoms with Gasteiger partial charge >= 0.3 is 6.18 Å². The summed E-state index contributed by atoms with van der Waals surface area (Å²) in [4.78, 5) is 72.0. The van der Waals surface area contributed by atoms with Crippen molar-refractivity contribution in [3.05, 3.63) is 325 Å². The van der Waals surface area contributed by atoms with Gasteiger partial charge in [-0.3, -0.25) is 43.5 Å². The maximum Gasteiger partial charge on any atom is 0.436 e. The number of rotatable bonds is 29. The molecule has 0 saturated heterocycles. The zero-order chi connectivity index (χ0) is 95.8. The Morgan fingerprint density at radius 2 is 1.06 bits per heavy atom. The number of nitrogen functional groups attached to an aromatic ring is 1. The van der Waals surface area contributed by atoms with E-state index in [9.17, 15) is 103 Å². The van der Waals surface area contributed by atoms with Crippen LogP contribution in [-0.4, -0.2) is 83.8 Å². The highest BCUT2D eigenvalue weighted by molar-refractivity contribution is 6.01. The first-order chi connectivity index (χ1) is 62.4. The van der Waals surface area contributed by atoms with Crippen LogP contribution in [0.1, 0.15) is 165 Å². The number of nitriles is 1. The molecule has 0 fully saturated rings. The Bertz CT molecular complexity index is 6570. The van der Waals surface area contributed by atoms with E-state index in [0.29, 0.717) is 69.2 Å². The average molecular weight is 1830 g/mol. The number of aromatic nitrogens is 8. The van der Waals surface area contributed by atoms with Crippen LogP contribution >= 0.6 is 0 Å². The van der Waals surface area contributed by atoms with Gasteiger partial charge < -0.3 is 15.4 Å². The second-order valence-corrected chi connectivity index (χ2v) is 31.9. The minimum Gasteiger partial charge on any atom is -0.497 e. The third kappa shape index (κ3) is 22.9. The first-order valence-corrected chi connectivity index (χ1v) is 40.6. The smallest absolute Gasteiger partial charge is 0.436 e. The van der Waals surface area contributed by atoms with Crippen molar-refractivity contribution in [3.8, 4) is 57.5 Å². The van der Waals surface area contributed by atoms with Gasteiger partial charge in [-0.15, -0.1) is 6.42 Å². The molecule has 0 bridgehead atoms. The number of terminal acetylenes is 1. The molecule has 16 nitrogen and oxygen atoms in total. The topological polar surface area (TPSA) is 218 Å². The Hall–Kier alpha value is -14.3. The largest absolute Gasteiger partial charge is 0.497 e. The highest BCUT2D eigenvalue weighted by Gasteiger charge is 2.55. The molecule has 0 unspecified atom stereocenters. The molecule has 132 heavy (non-hydrogen) atoms. The van der Waals surface area contributed by atoms with E-state index in [1.54, 1.807) is 80.8 Å². The molecule has 3 atom stereocenters. The number of methoxy groups -OCH3 is 1. The van der Waals surface area contributed by atoms with E-state index in [2.05, 4.69) is 36.1 Å². The highest BCUT2D eigenvalue weighted by Crippen LogP contribution is 2.53. The van der Waals surface area contributed by atoms with Gasteiger partial charge in [-0.05, 0) is 174 Å². The van der Waals surface area contributed by atoms with Crippen LogP contribution in [0, 0.1) is 71.3 Å². The fraction of sp³-hybridized carbons (Fsp3) is 0.255. The lowest BCUT2D eigenvalue weighted by Crippen LogP contribution is -2.33. The van der Waals surface area contributed by atoms with Crippen LogP contribution in [0.3, 0.4) is 0 Å². The molecular formula is C98H79F18N11O5. The minimum atomic E-state index is -4.89. The number of alkyl halides is 11. The molecule has 0 spiro atoms. The Labute approximate surface area is 744 Å². The highest BCUT2D eigenvalue weighted by atomic mass is 19.4. The van der Waals surface area contributed by atoms with Crippen molar-refractivity contribution in [3.63, 3.8) is 0 Å². The lowest BCUT2D eigenvalue weighted by atomic mass is 9.85. The molecule has 34 heteroatoms. The van der Waals surface area contributed by atoms with Crippen LogP contribution in [0.2, 0.25) is 0 Å². The van der Waals surface area contributed by atoms with Gasteiger partial charge in [0.1, 0.15) is 87.6 Å². The van der Waals surface area contributed by atoms with Crippen molar-refractivity contribution < 1.29 is 103 Å². The fourth-order valence-corrected chi connectivity index (χ4v) is 16.2. The number of carbonyl (C=O) groups excluding carboxylic acids is 4. The first kappa shape index (κ1) is 96.8. The predicted molar refractivity (Wildman–Crippen MR) is 455 cm³/mol. The number of fused-ring (bicyclic) bond motifs is 2. The van der Waals surface area contributed by atoms with Crippen molar-refractivity contribution in [1.29, 1.82) is 5.26 Å². The number of ketones is 4. The SMILES string of the molecule is C#Cc1cc(-c2cccnc2[C@@H](CC(=O)Cc2cccc3ccc(OC)cc23)Cc2cc(F)cc(F)c2)ccc1F.CC(=O)c1cc(-c2cccnc2[C@@H](CC(=O)Cn2nc(C(F)(F)F)c(C#N)c2C)Cc2cc(F)cc(F)c2)ccc1N(C)C.CC(F)(F)c1cc(-c2cccnc2[C@@H](CC(=O)Cn2nc(C(F)F)c3c2C(F)(F)CCC3(F)F)Cc2cc(F)cc(F)c2)cnc1N. The fourth-order valence-electron chi connectivity index (χ4n) is 16.2. The minimum absolute atomic E-state index is 0.0238. The molecule has 0 saturated carbocycles. The van der Waals surface area contributed by atoms with Crippen LogP contribution in [0.4, 0.5) is 90.5 Å². The van der Waals surface area contributed by atoms with Gasteiger partial charge in [-0.2, -0.15) is 37.4 Å². The van der Waals surface area contributed by atoms with E-state index in [4.69, 9.17) is 16.9 Å². The lowest BCUT2D eigenvalue weighted by Gasteiger charge is -2.29. The summed E-state index contributed by atoms with van der Waals surface area (Å²) in [5.41, 5.74) is 4.59. The van der Waals surface area contributed by atoms with Gasteiger partial charge in [-0.25, -0.2) is 62.1 Å². The molecule has 0 amide bonds. The molecule has 13 aromatic rings. The van der Waals surface area contributed by atoms with Gasteiger partial charge in [0.05, 0.1) is 53.1 Å². The molecule has 14 rings (SSSR count). The summed E-state index contributed by atoms with van der Waals surface area (Å²) in [6.45, 7) is 1.60. The molecule has 1 aliphatic carbocycles. The van der Waals surface area contributed by atoms with E-state index >= 15 is 0 Å². The molecule has 7 aromatic carbocycles. The van der Waals surface area contributed by atoms with E-state index in [0.717, 1.165) is 69.7 Å². The monoisotopic (exact) mass is 1830 g/mol.